The molecule has 0 N–H and O–H groups in total. The third-order valence-corrected chi connectivity index (χ3v) is 2.65. The van der Waals surface area contributed by atoms with Crippen molar-refractivity contribution in [3.63, 3.8) is 0 Å². The van der Waals surface area contributed by atoms with Crippen molar-refractivity contribution in [2.45, 2.75) is 0 Å². The minimum absolute atomic E-state index is 0.0516. The zero-order valence-corrected chi connectivity index (χ0v) is 8.36. The maximum absolute atomic E-state index is 11.4. The van der Waals surface area contributed by atoms with Gasteiger partial charge in [0.05, 0.1) is 11.1 Å². The van der Waals surface area contributed by atoms with Crippen molar-refractivity contribution in [3.8, 4) is 0 Å². The lowest BCUT2D eigenvalue weighted by Gasteiger charge is -2.01. The van der Waals surface area contributed by atoms with Gasteiger partial charge in [-0.1, -0.05) is 0 Å². The summed E-state index contributed by atoms with van der Waals surface area (Å²) in [4.78, 5) is 22.9. The van der Waals surface area contributed by atoms with Gasteiger partial charge in [-0.2, -0.15) is 0 Å². The molecule has 4 heteroatoms. The van der Waals surface area contributed by atoms with Gasteiger partial charge in [0.2, 0.25) is 11.6 Å². The van der Waals surface area contributed by atoms with Gasteiger partial charge in [-0.05, 0) is 24.3 Å². The fraction of sp³-hybridized carbons (Fsp3) is 0.167. The molecule has 80 valence electrons. The van der Waals surface area contributed by atoms with E-state index >= 15 is 0 Å². The highest BCUT2D eigenvalue weighted by Crippen LogP contribution is 2.26. The van der Waals surface area contributed by atoms with Crippen LogP contribution < -0.4 is 0 Å². The Balaban J connectivity index is 2.06. The highest BCUT2D eigenvalue weighted by molar-refractivity contribution is 6.04. The van der Waals surface area contributed by atoms with Crippen LogP contribution in [-0.2, 0) is 19.1 Å². The number of allylic oxidation sites excluding steroid dienone is 4. The van der Waals surface area contributed by atoms with Crippen molar-refractivity contribution in [1.29, 1.82) is 0 Å². The lowest BCUT2D eigenvalue weighted by atomic mass is 10.1. The molecule has 3 aliphatic rings. The van der Waals surface area contributed by atoms with Crippen LogP contribution in [0.3, 0.4) is 0 Å². The van der Waals surface area contributed by atoms with Crippen LogP contribution in [0.15, 0.2) is 47.0 Å². The van der Waals surface area contributed by atoms with Crippen LogP contribution in [0, 0.1) is 0 Å². The van der Waals surface area contributed by atoms with Gasteiger partial charge in [-0.3, -0.25) is 9.59 Å². The molecule has 0 unspecified atom stereocenters. The van der Waals surface area contributed by atoms with E-state index in [-0.39, 0.29) is 24.8 Å². The van der Waals surface area contributed by atoms with Gasteiger partial charge in [0.15, 0.2) is 13.2 Å². The second kappa shape index (κ2) is 3.20. The molecular formula is C12H8O4. The van der Waals surface area contributed by atoms with E-state index in [1.807, 2.05) is 0 Å². The summed E-state index contributed by atoms with van der Waals surface area (Å²) in [6.45, 7) is 0.137. The summed E-state index contributed by atoms with van der Waals surface area (Å²) in [7, 11) is 0. The first-order valence-electron chi connectivity index (χ1n) is 4.92. The summed E-state index contributed by atoms with van der Waals surface area (Å²) >= 11 is 0. The fourth-order valence-electron chi connectivity index (χ4n) is 1.82. The molecule has 0 amide bonds. The van der Waals surface area contributed by atoms with Gasteiger partial charge in [0, 0.05) is 0 Å². The van der Waals surface area contributed by atoms with Gasteiger partial charge >= 0.3 is 0 Å². The molecule has 0 fully saturated rings. The first-order valence-corrected chi connectivity index (χ1v) is 4.92. The van der Waals surface area contributed by atoms with Crippen LogP contribution in [0.2, 0.25) is 0 Å². The SMILES string of the molecule is O=C1COC2=C1/C=C\C1=C(/C=C\2)C(=O)CO1. The van der Waals surface area contributed by atoms with Crippen LogP contribution in [0.25, 0.3) is 0 Å². The Kier molecular flexibility index (Phi) is 1.83. The average Bonchev–Trinajstić information content (AvgIpc) is 2.73. The molecule has 0 bridgehead atoms. The molecule has 2 heterocycles. The highest BCUT2D eigenvalue weighted by Gasteiger charge is 2.26. The summed E-state index contributed by atoms with van der Waals surface area (Å²) in [5.74, 6) is 0.938. The Labute approximate surface area is 91.5 Å². The average molecular weight is 216 g/mol. The van der Waals surface area contributed by atoms with Gasteiger partial charge in [0.25, 0.3) is 0 Å². The lowest BCUT2D eigenvalue weighted by Crippen LogP contribution is -1.99. The minimum Gasteiger partial charge on any atom is -0.485 e. The van der Waals surface area contributed by atoms with Gasteiger partial charge in [-0.15, -0.1) is 0 Å². The third-order valence-electron chi connectivity index (χ3n) is 2.65. The van der Waals surface area contributed by atoms with E-state index in [4.69, 9.17) is 9.47 Å². The number of rotatable bonds is 0. The number of hydrogen-bond acceptors (Lipinski definition) is 4. The Hall–Kier alpha value is -2.10. The quantitative estimate of drug-likeness (QED) is 0.601. The Morgan fingerprint density at radius 1 is 0.750 bits per heavy atom. The molecule has 4 nitrogen and oxygen atoms in total. The predicted octanol–water partition coefficient (Wildman–Crippen LogP) is 0.819. The molecule has 2 aliphatic heterocycles. The maximum atomic E-state index is 11.4. The van der Waals surface area contributed by atoms with Crippen molar-refractivity contribution < 1.29 is 19.1 Å². The normalized spacial score (nSPS) is 26.8. The number of ether oxygens (including phenoxy) is 2. The van der Waals surface area contributed by atoms with Gasteiger partial charge in [0.1, 0.15) is 11.5 Å². The Morgan fingerprint density at radius 3 is 1.62 bits per heavy atom. The topological polar surface area (TPSA) is 52.6 Å². The van der Waals surface area contributed by atoms with E-state index < -0.39 is 0 Å². The highest BCUT2D eigenvalue weighted by atomic mass is 16.5. The minimum atomic E-state index is -0.0516. The summed E-state index contributed by atoms with van der Waals surface area (Å²) in [6.07, 6.45) is 6.57. The van der Waals surface area contributed by atoms with Crippen LogP contribution in [0.4, 0.5) is 0 Å². The summed E-state index contributed by atoms with van der Waals surface area (Å²) in [6, 6.07) is 0. The summed E-state index contributed by atoms with van der Waals surface area (Å²) in [5, 5.41) is 0. The smallest absolute Gasteiger partial charge is 0.203 e. The van der Waals surface area contributed by atoms with E-state index in [0.717, 1.165) is 0 Å². The molecule has 3 rings (SSSR count). The predicted molar refractivity (Wildman–Crippen MR) is 54.3 cm³/mol. The summed E-state index contributed by atoms with van der Waals surface area (Å²) in [5.41, 5.74) is 1.07. The van der Waals surface area contributed by atoms with Crippen molar-refractivity contribution in [1.82, 2.24) is 0 Å². The molecule has 0 atom stereocenters. The molecule has 16 heavy (non-hydrogen) atoms. The van der Waals surface area contributed by atoms with Crippen molar-refractivity contribution >= 4 is 11.6 Å². The zero-order chi connectivity index (χ0) is 11.1. The van der Waals surface area contributed by atoms with Crippen molar-refractivity contribution in [3.05, 3.63) is 47.0 Å². The molecule has 0 saturated heterocycles. The first kappa shape index (κ1) is 9.15. The van der Waals surface area contributed by atoms with Crippen LogP contribution in [-0.4, -0.2) is 24.8 Å². The molecule has 0 saturated carbocycles. The second-order valence-corrected chi connectivity index (χ2v) is 3.65. The molecular weight excluding hydrogens is 208 g/mol. The van der Waals surface area contributed by atoms with Gasteiger partial charge < -0.3 is 9.47 Å². The maximum Gasteiger partial charge on any atom is 0.203 e. The van der Waals surface area contributed by atoms with E-state index in [1.165, 1.54) is 0 Å². The van der Waals surface area contributed by atoms with Crippen LogP contribution in [0.1, 0.15) is 0 Å². The lowest BCUT2D eigenvalue weighted by molar-refractivity contribution is -0.117. The largest absolute Gasteiger partial charge is 0.485 e. The first-order chi connectivity index (χ1) is 7.75. The van der Waals surface area contributed by atoms with Crippen molar-refractivity contribution in [2.24, 2.45) is 0 Å². The number of ketones is 2. The molecule has 0 aromatic heterocycles. The summed E-state index contributed by atoms with van der Waals surface area (Å²) < 4.78 is 10.4. The molecule has 1 aliphatic carbocycles. The molecule has 0 aromatic carbocycles. The molecule has 0 radical (unpaired) electrons. The fourth-order valence-corrected chi connectivity index (χ4v) is 1.82. The van der Waals surface area contributed by atoms with Crippen LogP contribution in [0.5, 0.6) is 0 Å². The van der Waals surface area contributed by atoms with Crippen LogP contribution >= 0.6 is 0 Å². The third kappa shape index (κ3) is 1.23. The van der Waals surface area contributed by atoms with Gasteiger partial charge in [-0.25, -0.2) is 0 Å². The Bertz CT molecular complexity index is 469. The number of carbonyl (C=O) groups is 2. The van der Waals surface area contributed by atoms with Crippen molar-refractivity contribution in [2.75, 3.05) is 13.2 Å². The molecule has 0 aromatic rings. The van der Waals surface area contributed by atoms with E-state index in [9.17, 15) is 9.59 Å². The van der Waals surface area contributed by atoms with E-state index in [2.05, 4.69) is 0 Å². The Morgan fingerprint density at radius 2 is 1.19 bits per heavy atom. The monoisotopic (exact) mass is 216 g/mol. The van der Waals surface area contributed by atoms with E-state index in [0.29, 0.717) is 22.7 Å². The number of hydrogen-bond donors (Lipinski definition) is 0. The zero-order valence-electron chi connectivity index (χ0n) is 8.36. The number of carbonyl (C=O) groups excluding carboxylic acids is 2. The van der Waals surface area contributed by atoms with E-state index in [1.54, 1.807) is 24.3 Å². The standard InChI is InChI=1S/C12H8O4/c13-9-5-16-12-4-2-8-10(14)6-15-11(8)3-1-7(9)12/h1-4H,5-6H2/b3-1-,4-2-,7-1?,8-2?,11-3?,12-4?. The second-order valence-electron chi connectivity index (χ2n) is 3.65. The number of Topliss-reactive ketones (excluding diaryl/α,β-unsaturated/α-hetero) is 2. The molecule has 0 spiro atoms.